The second-order valence-electron chi connectivity index (χ2n) is 3.74. The van der Waals surface area contributed by atoms with Gasteiger partial charge in [-0.3, -0.25) is 4.79 Å². The van der Waals surface area contributed by atoms with Gasteiger partial charge in [-0.25, -0.2) is 4.79 Å². The summed E-state index contributed by atoms with van der Waals surface area (Å²) >= 11 is 5.99. The van der Waals surface area contributed by atoms with Crippen LogP contribution in [0, 0.1) is 0 Å². The van der Waals surface area contributed by atoms with E-state index in [0.717, 1.165) is 0 Å². The first-order valence-corrected chi connectivity index (χ1v) is 6.10. The van der Waals surface area contributed by atoms with E-state index in [9.17, 15) is 9.59 Å². The molecule has 6 heteroatoms. The average molecular weight is 282 g/mol. The summed E-state index contributed by atoms with van der Waals surface area (Å²) in [6.45, 7) is 1.68. The highest BCUT2D eigenvalue weighted by Crippen LogP contribution is 2.25. The third kappa shape index (κ3) is 2.88. The maximum Gasteiger partial charge on any atom is 0.347 e. The topological polar surface area (TPSA) is 64.6 Å². The summed E-state index contributed by atoms with van der Waals surface area (Å²) in [6, 6.07) is 6.94. The molecule has 0 fully saturated rings. The number of rotatable bonds is 4. The number of para-hydroxylation sites is 1. The molecule has 1 aromatic rings. The summed E-state index contributed by atoms with van der Waals surface area (Å²) in [4.78, 5) is 23.3. The molecular weight excluding hydrogens is 270 g/mol. The van der Waals surface area contributed by atoms with Crippen LogP contribution in [0.15, 0.2) is 35.7 Å². The van der Waals surface area contributed by atoms with Gasteiger partial charge in [0.15, 0.2) is 12.2 Å². The predicted octanol–water partition coefficient (Wildman–Crippen LogP) is 2.13. The fourth-order valence-electron chi connectivity index (χ4n) is 1.60. The molecule has 5 nitrogen and oxygen atoms in total. The highest BCUT2D eigenvalue weighted by molar-refractivity contribution is 6.33. The van der Waals surface area contributed by atoms with Crippen LogP contribution in [-0.4, -0.2) is 25.0 Å². The molecule has 0 amide bonds. The third-order valence-electron chi connectivity index (χ3n) is 2.46. The lowest BCUT2D eigenvalue weighted by Gasteiger charge is -2.09. The molecule has 1 aromatic carbocycles. The highest BCUT2D eigenvalue weighted by Gasteiger charge is 2.32. The summed E-state index contributed by atoms with van der Waals surface area (Å²) in [5.41, 5.74) is 0.442. The Morgan fingerprint density at radius 3 is 2.89 bits per heavy atom. The molecular formula is C13H12ClNO4. The Balaban J connectivity index is 2.28. The van der Waals surface area contributed by atoms with Crippen LogP contribution >= 0.6 is 11.6 Å². The Kier molecular flexibility index (Phi) is 4.06. The number of carbonyl (C=O) groups is 2. The second-order valence-corrected chi connectivity index (χ2v) is 4.15. The number of Topliss-reactive ketones (excluding diaryl/α,β-unsaturated/α-hetero) is 1. The van der Waals surface area contributed by atoms with Crippen molar-refractivity contribution in [3.63, 3.8) is 0 Å². The van der Waals surface area contributed by atoms with Gasteiger partial charge in [-0.1, -0.05) is 23.7 Å². The number of hydrogen-bond acceptors (Lipinski definition) is 5. The zero-order valence-corrected chi connectivity index (χ0v) is 11.0. The van der Waals surface area contributed by atoms with Crippen LogP contribution in [0.5, 0.6) is 0 Å². The Hall–Kier alpha value is -2.01. The van der Waals surface area contributed by atoms with Crippen LogP contribution in [0.3, 0.4) is 0 Å². The molecule has 19 heavy (non-hydrogen) atoms. The molecule has 0 bridgehead atoms. The number of halogens is 1. The minimum absolute atomic E-state index is 0.0801. The minimum atomic E-state index is -0.695. The van der Waals surface area contributed by atoms with Crippen molar-refractivity contribution in [2.45, 2.75) is 6.92 Å². The van der Waals surface area contributed by atoms with Gasteiger partial charge in [0.1, 0.15) is 0 Å². The molecule has 0 aliphatic carbocycles. The smallest absolute Gasteiger partial charge is 0.347 e. The number of hydrogen-bond donors (Lipinski definition) is 1. The van der Waals surface area contributed by atoms with Crippen LogP contribution < -0.4 is 5.32 Å². The minimum Gasteiger partial charge on any atom is -0.470 e. The lowest BCUT2D eigenvalue weighted by Crippen LogP contribution is -2.16. The Bertz CT molecular complexity index is 553. The van der Waals surface area contributed by atoms with Gasteiger partial charge in [-0.2, -0.15) is 0 Å². The van der Waals surface area contributed by atoms with Crippen molar-refractivity contribution in [3.05, 3.63) is 40.7 Å². The maximum atomic E-state index is 11.7. The SMILES string of the molecule is CCOC(=O)C1=C(Nc2ccccc2Cl)OCC1=O. The van der Waals surface area contributed by atoms with Gasteiger partial charge < -0.3 is 14.8 Å². The summed E-state index contributed by atoms with van der Waals surface area (Å²) in [7, 11) is 0. The normalized spacial score (nSPS) is 14.3. The largest absolute Gasteiger partial charge is 0.470 e. The van der Waals surface area contributed by atoms with E-state index in [1.165, 1.54) is 0 Å². The van der Waals surface area contributed by atoms with Crippen LogP contribution in [0.1, 0.15) is 6.92 Å². The highest BCUT2D eigenvalue weighted by atomic mass is 35.5. The van der Waals surface area contributed by atoms with Gasteiger partial charge >= 0.3 is 5.97 Å². The van der Waals surface area contributed by atoms with Crippen molar-refractivity contribution < 1.29 is 19.1 Å². The molecule has 0 radical (unpaired) electrons. The first-order chi connectivity index (χ1) is 9.13. The van der Waals surface area contributed by atoms with Crippen molar-refractivity contribution in [2.24, 2.45) is 0 Å². The molecule has 1 aliphatic rings. The van der Waals surface area contributed by atoms with Gasteiger partial charge in [0.25, 0.3) is 0 Å². The van der Waals surface area contributed by atoms with Crippen LogP contribution in [0.2, 0.25) is 5.02 Å². The van der Waals surface area contributed by atoms with Crippen molar-refractivity contribution in [2.75, 3.05) is 18.5 Å². The van der Waals surface area contributed by atoms with E-state index in [0.29, 0.717) is 10.7 Å². The quantitative estimate of drug-likeness (QED) is 0.676. The number of benzene rings is 1. The maximum absolute atomic E-state index is 11.7. The standard InChI is InChI=1S/C13H12ClNO4/c1-2-18-13(17)11-10(16)7-19-12(11)15-9-6-4-3-5-8(9)14/h3-6,15H,2,7H2,1H3. The van der Waals surface area contributed by atoms with E-state index in [1.54, 1.807) is 31.2 Å². The van der Waals surface area contributed by atoms with E-state index in [4.69, 9.17) is 21.1 Å². The number of anilines is 1. The summed E-state index contributed by atoms with van der Waals surface area (Å²) < 4.78 is 9.99. The predicted molar refractivity (Wildman–Crippen MR) is 69.7 cm³/mol. The molecule has 0 spiro atoms. The van der Waals surface area contributed by atoms with Crippen molar-refractivity contribution in [1.29, 1.82) is 0 Å². The van der Waals surface area contributed by atoms with Crippen LogP contribution in [-0.2, 0) is 19.1 Å². The van der Waals surface area contributed by atoms with Crippen molar-refractivity contribution >= 4 is 29.0 Å². The Labute approximate surface area is 115 Å². The van der Waals surface area contributed by atoms with Gasteiger partial charge in [-0.05, 0) is 19.1 Å². The summed E-state index contributed by atoms with van der Waals surface area (Å²) in [5.74, 6) is -1.02. The number of nitrogens with one attached hydrogen (secondary N) is 1. The number of esters is 1. The van der Waals surface area contributed by atoms with Gasteiger partial charge in [0.05, 0.1) is 17.3 Å². The fourth-order valence-corrected chi connectivity index (χ4v) is 1.78. The third-order valence-corrected chi connectivity index (χ3v) is 2.78. The molecule has 1 heterocycles. The summed E-state index contributed by atoms with van der Waals surface area (Å²) in [5, 5.41) is 3.29. The Morgan fingerprint density at radius 1 is 1.47 bits per heavy atom. The van der Waals surface area contributed by atoms with Crippen molar-refractivity contribution in [3.8, 4) is 0 Å². The van der Waals surface area contributed by atoms with Gasteiger partial charge in [-0.15, -0.1) is 0 Å². The number of ketones is 1. The molecule has 2 rings (SSSR count). The van der Waals surface area contributed by atoms with E-state index in [2.05, 4.69) is 5.32 Å². The fraction of sp³-hybridized carbons (Fsp3) is 0.231. The average Bonchev–Trinajstić information content (AvgIpc) is 2.74. The molecule has 100 valence electrons. The summed E-state index contributed by atoms with van der Waals surface area (Å²) in [6.07, 6.45) is 0. The first-order valence-electron chi connectivity index (χ1n) is 5.72. The lowest BCUT2D eigenvalue weighted by molar-refractivity contribution is -0.139. The van der Waals surface area contributed by atoms with Crippen molar-refractivity contribution in [1.82, 2.24) is 0 Å². The molecule has 0 aromatic heterocycles. The van der Waals surface area contributed by atoms with E-state index < -0.39 is 11.8 Å². The zero-order valence-electron chi connectivity index (χ0n) is 10.2. The number of carbonyl (C=O) groups excluding carboxylic acids is 2. The molecule has 0 saturated heterocycles. The zero-order chi connectivity index (χ0) is 13.8. The second kappa shape index (κ2) is 5.75. The van der Waals surface area contributed by atoms with Crippen LogP contribution in [0.25, 0.3) is 0 Å². The Morgan fingerprint density at radius 2 is 2.21 bits per heavy atom. The van der Waals surface area contributed by atoms with E-state index in [1.807, 2.05) is 0 Å². The van der Waals surface area contributed by atoms with E-state index >= 15 is 0 Å². The molecule has 0 saturated carbocycles. The number of ether oxygens (including phenoxy) is 2. The lowest BCUT2D eigenvalue weighted by atomic mass is 10.2. The van der Waals surface area contributed by atoms with E-state index in [-0.39, 0.29) is 24.7 Å². The molecule has 1 N–H and O–H groups in total. The molecule has 0 unspecified atom stereocenters. The van der Waals surface area contributed by atoms with Gasteiger partial charge in [0.2, 0.25) is 11.7 Å². The monoisotopic (exact) mass is 281 g/mol. The molecule has 1 aliphatic heterocycles. The van der Waals surface area contributed by atoms with Crippen LogP contribution in [0.4, 0.5) is 5.69 Å². The van der Waals surface area contributed by atoms with Gasteiger partial charge in [0, 0.05) is 0 Å². The first kappa shape index (κ1) is 13.4. The molecule has 0 atom stereocenters.